The third-order valence-corrected chi connectivity index (χ3v) is 6.87. The van der Waals surface area contributed by atoms with Gasteiger partial charge in [-0.1, -0.05) is 11.6 Å². The van der Waals surface area contributed by atoms with Crippen molar-refractivity contribution in [2.45, 2.75) is 24.9 Å². The van der Waals surface area contributed by atoms with Crippen molar-refractivity contribution in [1.82, 2.24) is 14.9 Å². The minimum atomic E-state index is -0.494. The summed E-state index contributed by atoms with van der Waals surface area (Å²) < 4.78 is 36.3. The van der Waals surface area contributed by atoms with Gasteiger partial charge in [-0.2, -0.15) is 0 Å². The zero-order chi connectivity index (χ0) is 25.8. The number of rotatable bonds is 8. The molecule has 0 amide bonds. The van der Waals surface area contributed by atoms with Gasteiger partial charge in [0.15, 0.2) is 11.5 Å². The van der Waals surface area contributed by atoms with Gasteiger partial charge < -0.3 is 24.3 Å². The van der Waals surface area contributed by atoms with Crippen LogP contribution in [-0.4, -0.2) is 73.0 Å². The number of hydrogen-bond donors (Lipinski definition) is 1. The molecule has 3 aromatic rings. The van der Waals surface area contributed by atoms with Crippen LogP contribution in [0.2, 0.25) is 5.02 Å². The normalized spacial score (nSPS) is 17.5. The van der Waals surface area contributed by atoms with Crippen molar-refractivity contribution in [3.63, 3.8) is 0 Å². The monoisotopic (exact) mass is 530 g/mol. The molecule has 11 heteroatoms. The van der Waals surface area contributed by atoms with Gasteiger partial charge in [0.25, 0.3) is 0 Å². The van der Waals surface area contributed by atoms with Gasteiger partial charge in [0.05, 0.1) is 44.0 Å². The SMILES string of the molecule is COc1cc2c(Nc3ccc(F)c(Cl)c3)ncnc2cc1OCCCN1CC(=O)OC2(CCOCC2)C1. The quantitative estimate of drug-likeness (QED) is 0.337. The van der Waals surface area contributed by atoms with Crippen LogP contribution in [0.3, 0.4) is 0 Å². The number of carbonyl (C=O) groups is 1. The Labute approximate surface area is 218 Å². The Hall–Kier alpha value is -3.21. The Morgan fingerprint density at radius 3 is 2.81 bits per heavy atom. The molecular formula is C26H28ClFN4O5. The maximum absolute atomic E-state index is 13.5. The van der Waals surface area contributed by atoms with E-state index in [1.54, 1.807) is 25.3 Å². The molecule has 0 saturated carbocycles. The van der Waals surface area contributed by atoms with E-state index in [2.05, 4.69) is 20.2 Å². The lowest BCUT2D eigenvalue weighted by Crippen LogP contribution is -2.56. The largest absolute Gasteiger partial charge is 0.493 e. The standard InChI is InChI=1S/C26H28ClFN4O5/c1-34-22-12-18-21(29-16-30-25(18)31-17-3-4-20(28)19(27)11-17)13-23(22)36-8-2-7-32-14-24(33)37-26(15-32)5-9-35-10-6-26/h3-4,11-13,16H,2,5-10,14-15H2,1H3,(H,29,30,31). The minimum absolute atomic E-state index is 0.0148. The Morgan fingerprint density at radius 1 is 1.19 bits per heavy atom. The predicted octanol–water partition coefficient (Wildman–Crippen LogP) is 4.35. The summed E-state index contributed by atoms with van der Waals surface area (Å²) in [5, 5.41) is 3.88. The molecule has 2 aliphatic rings. The smallest absolute Gasteiger partial charge is 0.320 e. The lowest BCUT2D eigenvalue weighted by molar-refractivity contribution is -0.186. The molecule has 0 atom stereocenters. The number of nitrogens with zero attached hydrogens (tertiary/aromatic N) is 3. The van der Waals surface area contributed by atoms with E-state index >= 15 is 0 Å². The van der Waals surface area contributed by atoms with Crippen LogP contribution >= 0.6 is 11.6 Å². The van der Waals surface area contributed by atoms with E-state index in [0.29, 0.717) is 66.8 Å². The fourth-order valence-corrected chi connectivity index (χ4v) is 4.91. The second kappa shape index (κ2) is 11.0. The minimum Gasteiger partial charge on any atom is -0.493 e. The first-order chi connectivity index (χ1) is 17.9. The Balaban J connectivity index is 1.24. The number of benzene rings is 2. The van der Waals surface area contributed by atoms with Gasteiger partial charge in [0.1, 0.15) is 23.6 Å². The molecule has 0 bridgehead atoms. The van der Waals surface area contributed by atoms with Gasteiger partial charge in [-0.05, 0) is 30.7 Å². The first-order valence-electron chi connectivity index (χ1n) is 12.1. The fraction of sp³-hybridized carbons (Fsp3) is 0.423. The summed E-state index contributed by atoms with van der Waals surface area (Å²) in [7, 11) is 1.57. The molecule has 0 aliphatic carbocycles. The summed E-state index contributed by atoms with van der Waals surface area (Å²) in [5.41, 5.74) is 0.817. The van der Waals surface area contributed by atoms with E-state index in [9.17, 15) is 9.18 Å². The molecule has 1 aromatic heterocycles. The van der Waals surface area contributed by atoms with Crippen molar-refractivity contribution in [2.75, 3.05) is 51.9 Å². The van der Waals surface area contributed by atoms with E-state index in [1.165, 1.54) is 18.5 Å². The maximum Gasteiger partial charge on any atom is 0.320 e. The molecule has 3 heterocycles. The number of esters is 1. The Bertz CT molecular complexity index is 1290. The first kappa shape index (κ1) is 25.4. The van der Waals surface area contributed by atoms with E-state index in [-0.39, 0.29) is 17.5 Å². The molecular weight excluding hydrogens is 503 g/mol. The fourth-order valence-electron chi connectivity index (χ4n) is 4.73. The molecule has 2 fully saturated rings. The van der Waals surface area contributed by atoms with Crippen LogP contribution in [0.1, 0.15) is 19.3 Å². The first-order valence-corrected chi connectivity index (χ1v) is 12.5. The van der Waals surface area contributed by atoms with Gasteiger partial charge >= 0.3 is 5.97 Å². The lowest BCUT2D eigenvalue weighted by atomic mass is 9.92. The lowest BCUT2D eigenvalue weighted by Gasteiger charge is -2.43. The van der Waals surface area contributed by atoms with E-state index in [1.807, 2.05) is 0 Å². The number of carbonyl (C=O) groups excluding carboxylic acids is 1. The number of fused-ring (bicyclic) bond motifs is 1. The number of ether oxygens (including phenoxy) is 4. The van der Waals surface area contributed by atoms with Gasteiger partial charge in [0.2, 0.25) is 0 Å². The highest BCUT2D eigenvalue weighted by Crippen LogP contribution is 2.35. The molecule has 37 heavy (non-hydrogen) atoms. The number of anilines is 2. The number of nitrogens with one attached hydrogen (secondary N) is 1. The number of methoxy groups -OCH3 is 1. The number of morpholine rings is 1. The summed E-state index contributed by atoms with van der Waals surface area (Å²) in [5.74, 6) is 0.939. The van der Waals surface area contributed by atoms with Gasteiger partial charge in [-0.15, -0.1) is 0 Å². The van der Waals surface area contributed by atoms with Crippen molar-refractivity contribution >= 4 is 40.0 Å². The number of aromatic nitrogens is 2. The second-order valence-electron chi connectivity index (χ2n) is 9.18. The third kappa shape index (κ3) is 5.87. The zero-order valence-electron chi connectivity index (χ0n) is 20.5. The molecule has 1 N–H and O–H groups in total. The van der Waals surface area contributed by atoms with Crippen LogP contribution in [0.15, 0.2) is 36.7 Å². The van der Waals surface area contributed by atoms with E-state index in [4.69, 9.17) is 30.5 Å². The summed E-state index contributed by atoms with van der Waals surface area (Å²) in [6, 6.07) is 7.96. The molecule has 2 aromatic carbocycles. The van der Waals surface area contributed by atoms with Gasteiger partial charge in [-0.25, -0.2) is 14.4 Å². The van der Waals surface area contributed by atoms with E-state index in [0.717, 1.165) is 19.3 Å². The molecule has 0 unspecified atom stereocenters. The molecule has 1 spiro atoms. The van der Waals surface area contributed by atoms with Crippen molar-refractivity contribution in [2.24, 2.45) is 0 Å². The maximum atomic E-state index is 13.5. The van der Waals surface area contributed by atoms with Gasteiger partial charge in [-0.3, -0.25) is 9.69 Å². The summed E-state index contributed by atoms with van der Waals surface area (Å²) in [6.07, 6.45) is 3.62. The highest BCUT2D eigenvalue weighted by atomic mass is 35.5. The van der Waals surface area contributed by atoms with Crippen molar-refractivity contribution in [3.05, 3.63) is 47.5 Å². The summed E-state index contributed by atoms with van der Waals surface area (Å²) in [4.78, 5) is 23.0. The zero-order valence-corrected chi connectivity index (χ0v) is 21.2. The average molecular weight is 531 g/mol. The van der Waals surface area contributed by atoms with Crippen molar-refractivity contribution in [1.29, 1.82) is 0 Å². The Kier molecular flexibility index (Phi) is 7.59. The topological polar surface area (TPSA) is 95.0 Å². The van der Waals surface area contributed by atoms with E-state index < -0.39 is 11.4 Å². The molecule has 2 aliphatic heterocycles. The van der Waals surface area contributed by atoms with Crippen LogP contribution in [-0.2, 0) is 14.3 Å². The average Bonchev–Trinajstić information content (AvgIpc) is 2.88. The number of halogens is 2. The highest BCUT2D eigenvalue weighted by molar-refractivity contribution is 6.31. The highest BCUT2D eigenvalue weighted by Gasteiger charge is 2.42. The molecule has 5 rings (SSSR count). The predicted molar refractivity (Wildman–Crippen MR) is 136 cm³/mol. The van der Waals surface area contributed by atoms with Crippen LogP contribution in [0.4, 0.5) is 15.9 Å². The molecule has 9 nitrogen and oxygen atoms in total. The summed E-state index contributed by atoms with van der Waals surface area (Å²) in [6.45, 7) is 3.38. The number of hydrogen-bond acceptors (Lipinski definition) is 9. The second-order valence-corrected chi connectivity index (χ2v) is 9.59. The molecule has 2 saturated heterocycles. The summed E-state index contributed by atoms with van der Waals surface area (Å²) >= 11 is 5.91. The van der Waals surface area contributed by atoms with Crippen LogP contribution in [0.5, 0.6) is 11.5 Å². The van der Waals surface area contributed by atoms with Crippen LogP contribution < -0.4 is 14.8 Å². The van der Waals surface area contributed by atoms with Crippen LogP contribution in [0.25, 0.3) is 10.9 Å². The third-order valence-electron chi connectivity index (χ3n) is 6.58. The van der Waals surface area contributed by atoms with Gasteiger partial charge in [0, 0.05) is 43.1 Å². The molecule has 0 radical (unpaired) electrons. The van der Waals surface area contributed by atoms with Crippen molar-refractivity contribution < 1.29 is 28.1 Å². The molecule has 196 valence electrons. The van der Waals surface area contributed by atoms with Crippen molar-refractivity contribution in [3.8, 4) is 11.5 Å². The van der Waals surface area contributed by atoms with Crippen LogP contribution in [0, 0.1) is 5.82 Å². The Morgan fingerprint density at radius 2 is 2.03 bits per heavy atom.